The van der Waals surface area contributed by atoms with Crippen LogP contribution in [0.5, 0.6) is 0 Å². The third-order valence-corrected chi connectivity index (χ3v) is 1.51. The zero-order valence-electron chi connectivity index (χ0n) is 7.46. The summed E-state index contributed by atoms with van der Waals surface area (Å²) in [5, 5.41) is 51.8. The molecule has 15 heavy (non-hydrogen) atoms. The summed E-state index contributed by atoms with van der Waals surface area (Å²) in [5.41, 5.74) is 0. The number of carboxylic acids is 1. The second kappa shape index (κ2) is 9.01. The second-order valence-electron chi connectivity index (χ2n) is 2.51. The van der Waals surface area contributed by atoms with Gasteiger partial charge in [-0.3, -0.25) is 0 Å². The monoisotopic (exact) mass is 270 g/mol. The quantitative estimate of drug-likeness (QED) is 0.274. The fraction of sp³-hybridized carbons (Fsp3) is 0.833. The van der Waals surface area contributed by atoms with E-state index in [-0.39, 0.29) is 22.5 Å². The Morgan fingerprint density at radius 1 is 1.07 bits per heavy atom. The van der Waals surface area contributed by atoms with Gasteiger partial charge in [0.25, 0.3) is 0 Å². The summed E-state index contributed by atoms with van der Waals surface area (Å²) >= 11 is 0. The average Bonchev–Trinajstić information content (AvgIpc) is 2.12. The van der Waals surface area contributed by atoms with Crippen LogP contribution in [0.4, 0.5) is 0 Å². The Morgan fingerprint density at radius 2 is 1.47 bits per heavy atom. The summed E-state index contributed by atoms with van der Waals surface area (Å²) in [6.45, 7) is -0.843. The Hall–Kier alpha value is -0.251. The molecule has 9 heteroatoms. The summed E-state index contributed by atoms with van der Waals surface area (Å²) in [5.74, 6) is -1.73. The summed E-state index contributed by atoms with van der Waals surface area (Å²) in [7, 11) is 0. The van der Waals surface area contributed by atoms with Crippen molar-refractivity contribution < 1.29 is 58.0 Å². The van der Waals surface area contributed by atoms with Gasteiger partial charge in [-0.05, 0) is 0 Å². The minimum atomic E-state index is -2.20. The van der Waals surface area contributed by atoms with Crippen molar-refractivity contribution in [2.24, 2.45) is 0 Å². The van der Waals surface area contributed by atoms with Crippen LogP contribution in [0.3, 0.4) is 0 Å². The molecular formula is C6H14FeO8. The number of hydrogen-bond donors (Lipinski definition) is 6. The fourth-order valence-corrected chi connectivity index (χ4v) is 0.668. The van der Waals surface area contributed by atoms with Crippen LogP contribution in [0.25, 0.3) is 0 Å². The first-order chi connectivity index (χ1) is 5.91. The van der Waals surface area contributed by atoms with Gasteiger partial charge in [-0.25, -0.2) is 4.79 Å². The van der Waals surface area contributed by atoms with Gasteiger partial charge in [-0.1, -0.05) is 0 Å². The topological polar surface area (TPSA) is 170 Å². The minimum absolute atomic E-state index is 0. The maximum Gasteiger partial charge on any atom is 0.335 e. The number of aliphatic hydroxyl groups is 5. The molecule has 8 nitrogen and oxygen atoms in total. The maximum atomic E-state index is 10.1. The van der Waals surface area contributed by atoms with Gasteiger partial charge in [0, 0.05) is 17.1 Å². The summed E-state index contributed by atoms with van der Waals surface area (Å²) in [4.78, 5) is 10.1. The van der Waals surface area contributed by atoms with Crippen LogP contribution in [-0.4, -0.2) is 73.1 Å². The number of carboxylic acid groups (broad SMARTS) is 1. The van der Waals surface area contributed by atoms with Crippen molar-refractivity contribution in [3.05, 3.63) is 0 Å². The van der Waals surface area contributed by atoms with E-state index in [1.165, 1.54) is 0 Å². The third-order valence-electron chi connectivity index (χ3n) is 1.51. The number of aliphatic hydroxyl groups excluding tert-OH is 5. The molecule has 0 aliphatic carbocycles. The molecule has 0 amide bonds. The molecule has 0 aromatic heterocycles. The molecule has 0 aromatic carbocycles. The second-order valence-corrected chi connectivity index (χ2v) is 2.51. The number of carbonyl (C=O) groups is 1. The predicted molar refractivity (Wildman–Crippen MR) is 42.4 cm³/mol. The van der Waals surface area contributed by atoms with Crippen LogP contribution >= 0.6 is 0 Å². The van der Waals surface area contributed by atoms with E-state index in [1.807, 2.05) is 0 Å². The van der Waals surface area contributed by atoms with Crippen LogP contribution < -0.4 is 0 Å². The maximum absolute atomic E-state index is 10.1. The summed E-state index contributed by atoms with van der Waals surface area (Å²) in [6.07, 6.45) is -7.84. The van der Waals surface area contributed by atoms with Crippen molar-refractivity contribution in [3.63, 3.8) is 0 Å². The molecule has 0 aliphatic rings. The molecule has 0 heterocycles. The van der Waals surface area contributed by atoms with Crippen LogP contribution in [0.2, 0.25) is 0 Å². The van der Waals surface area contributed by atoms with Crippen molar-refractivity contribution in [1.29, 1.82) is 0 Å². The van der Waals surface area contributed by atoms with E-state index in [9.17, 15) is 4.79 Å². The third kappa shape index (κ3) is 6.02. The molecule has 0 rings (SSSR count). The van der Waals surface area contributed by atoms with Crippen molar-refractivity contribution in [2.75, 3.05) is 6.61 Å². The molecule has 0 aliphatic heterocycles. The molecule has 0 aromatic rings. The molecular weight excluding hydrogens is 256 g/mol. The number of rotatable bonds is 5. The zero-order chi connectivity index (χ0) is 10.6. The van der Waals surface area contributed by atoms with Crippen LogP contribution in [-0.2, 0) is 21.9 Å². The molecule has 0 saturated heterocycles. The van der Waals surface area contributed by atoms with E-state index >= 15 is 0 Å². The van der Waals surface area contributed by atoms with Crippen LogP contribution in [0, 0.1) is 0 Å². The average molecular weight is 270 g/mol. The van der Waals surface area contributed by atoms with E-state index in [0.29, 0.717) is 0 Å². The molecule has 0 radical (unpaired) electrons. The SMILES string of the molecule is O.O=C(O)[C@H](O)[C@@H](O)[C@H](O)[C@H](O)CO.[Fe]. The smallest absolute Gasteiger partial charge is 0.335 e. The van der Waals surface area contributed by atoms with E-state index < -0.39 is 37.0 Å². The molecule has 0 fully saturated rings. The predicted octanol–water partition coefficient (Wildman–Crippen LogP) is -4.32. The summed E-state index contributed by atoms with van der Waals surface area (Å²) in [6, 6.07) is 0. The Morgan fingerprint density at radius 3 is 1.73 bits per heavy atom. The first-order valence-corrected chi connectivity index (χ1v) is 3.47. The minimum Gasteiger partial charge on any atom is -0.479 e. The Balaban J connectivity index is -0.000000720. The first-order valence-electron chi connectivity index (χ1n) is 3.47. The Kier molecular flexibility index (Phi) is 12.1. The fourth-order valence-electron chi connectivity index (χ4n) is 0.668. The zero-order valence-corrected chi connectivity index (χ0v) is 8.57. The van der Waals surface area contributed by atoms with E-state index in [2.05, 4.69) is 0 Å². The van der Waals surface area contributed by atoms with E-state index in [0.717, 1.165) is 0 Å². The Bertz CT molecular complexity index is 177. The molecule has 4 atom stereocenters. The van der Waals surface area contributed by atoms with Crippen molar-refractivity contribution >= 4 is 5.97 Å². The van der Waals surface area contributed by atoms with Crippen molar-refractivity contribution in [2.45, 2.75) is 24.4 Å². The van der Waals surface area contributed by atoms with Gasteiger partial charge in [-0.2, -0.15) is 0 Å². The van der Waals surface area contributed by atoms with Gasteiger partial charge in [0.05, 0.1) is 6.61 Å². The van der Waals surface area contributed by atoms with Crippen LogP contribution in [0.15, 0.2) is 0 Å². The van der Waals surface area contributed by atoms with Gasteiger partial charge in [-0.15, -0.1) is 0 Å². The largest absolute Gasteiger partial charge is 0.479 e. The van der Waals surface area contributed by atoms with Gasteiger partial charge in [0.1, 0.15) is 18.3 Å². The molecule has 0 bridgehead atoms. The van der Waals surface area contributed by atoms with Gasteiger partial charge < -0.3 is 36.1 Å². The van der Waals surface area contributed by atoms with Crippen molar-refractivity contribution in [3.8, 4) is 0 Å². The van der Waals surface area contributed by atoms with Crippen molar-refractivity contribution in [1.82, 2.24) is 0 Å². The first kappa shape index (κ1) is 20.2. The van der Waals surface area contributed by atoms with Crippen LogP contribution in [0.1, 0.15) is 0 Å². The summed E-state index contributed by atoms with van der Waals surface area (Å²) < 4.78 is 0. The molecule has 0 spiro atoms. The van der Waals surface area contributed by atoms with E-state index in [4.69, 9.17) is 30.6 Å². The number of hydrogen-bond acceptors (Lipinski definition) is 6. The van der Waals surface area contributed by atoms with Gasteiger partial charge >= 0.3 is 5.97 Å². The standard InChI is InChI=1S/C6H12O7.Fe.H2O/c7-1-2(8)3(9)4(10)5(11)6(12)13;;/h2-5,7-11H,1H2,(H,12,13);;1H2/t2-,3-,4+,5-;;/m1../s1. The van der Waals surface area contributed by atoms with E-state index in [1.54, 1.807) is 0 Å². The van der Waals surface area contributed by atoms with Gasteiger partial charge in [0.15, 0.2) is 6.10 Å². The molecule has 8 N–H and O–H groups in total. The molecule has 0 unspecified atom stereocenters. The molecule has 94 valence electrons. The molecule has 0 saturated carbocycles. The Labute approximate surface area is 95.6 Å². The van der Waals surface area contributed by atoms with Gasteiger partial charge in [0.2, 0.25) is 0 Å². The number of aliphatic carboxylic acids is 1. The normalized spacial score (nSPS) is 17.7.